The molecule has 42 heavy (non-hydrogen) atoms. The summed E-state index contributed by atoms with van der Waals surface area (Å²) < 4.78 is 5.31. The number of nitrogens with zero attached hydrogens (tertiary/aromatic N) is 2. The van der Waals surface area contributed by atoms with Gasteiger partial charge in [0.15, 0.2) is 0 Å². The molecule has 4 aromatic rings. The van der Waals surface area contributed by atoms with Crippen molar-refractivity contribution in [2.45, 2.75) is 37.9 Å². The van der Waals surface area contributed by atoms with Crippen LogP contribution in [0.4, 0.5) is 10.5 Å². The van der Waals surface area contributed by atoms with E-state index >= 15 is 0 Å². The number of amides is 2. The van der Waals surface area contributed by atoms with E-state index in [0.29, 0.717) is 24.3 Å². The maximum Gasteiger partial charge on any atom is 0.418 e. The van der Waals surface area contributed by atoms with Gasteiger partial charge in [-0.05, 0) is 73.1 Å². The molecular weight excluding hydrogens is 526 g/mol. The van der Waals surface area contributed by atoms with Crippen LogP contribution < -0.4 is 20.3 Å². The van der Waals surface area contributed by atoms with Gasteiger partial charge < -0.3 is 19.9 Å². The summed E-state index contributed by atoms with van der Waals surface area (Å²) in [4.78, 5) is 30.7. The summed E-state index contributed by atoms with van der Waals surface area (Å²) in [5.41, 5.74) is 3.61. The minimum absolute atomic E-state index is 0.0298. The van der Waals surface area contributed by atoms with Crippen LogP contribution >= 0.6 is 0 Å². The molecule has 1 saturated heterocycles. The number of amidine groups is 1. The maximum absolute atomic E-state index is 13.8. The summed E-state index contributed by atoms with van der Waals surface area (Å²) >= 11 is 0. The Balaban J connectivity index is 1.26. The van der Waals surface area contributed by atoms with Gasteiger partial charge >= 0.3 is 6.09 Å². The lowest BCUT2D eigenvalue weighted by Crippen LogP contribution is -2.51. The molecule has 8 heteroatoms. The van der Waals surface area contributed by atoms with Crippen LogP contribution in [0.3, 0.4) is 0 Å². The Morgan fingerprint density at radius 1 is 0.929 bits per heavy atom. The second-order valence-corrected chi connectivity index (χ2v) is 11.1. The van der Waals surface area contributed by atoms with E-state index in [0.717, 1.165) is 53.5 Å². The van der Waals surface area contributed by atoms with Gasteiger partial charge in [0.05, 0.1) is 0 Å². The van der Waals surface area contributed by atoms with Crippen molar-refractivity contribution in [1.82, 2.24) is 15.5 Å². The van der Waals surface area contributed by atoms with Crippen LogP contribution in [-0.4, -0.2) is 55.0 Å². The zero-order chi connectivity index (χ0) is 29.1. The molecule has 0 aromatic heterocycles. The highest BCUT2D eigenvalue weighted by Crippen LogP contribution is 2.36. The number of nitrogens with one attached hydrogen (secondary N) is 3. The first-order valence-corrected chi connectivity index (χ1v) is 14.4. The zero-order valence-electron chi connectivity index (χ0n) is 23.7. The number of carbonyl (C=O) groups is 2. The van der Waals surface area contributed by atoms with E-state index in [1.807, 2.05) is 36.4 Å². The molecule has 1 unspecified atom stereocenters. The van der Waals surface area contributed by atoms with Crippen LogP contribution in [0, 0.1) is 5.41 Å². The lowest BCUT2D eigenvalue weighted by Gasteiger charge is -2.32. The quantitative estimate of drug-likeness (QED) is 0.225. The summed E-state index contributed by atoms with van der Waals surface area (Å²) in [6.07, 6.45) is 1.74. The summed E-state index contributed by atoms with van der Waals surface area (Å²) in [6.45, 7) is 2.49. The van der Waals surface area contributed by atoms with Gasteiger partial charge in [-0.1, -0.05) is 72.8 Å². The van der Waals surface area contributed by atoms with Crippen molar-refractivity contribution in [3.05, 3.63) is 108 Å². The molecule has 0 radical (unpaired) electrons. The molecule has 8 nitrogen and oxygen atoms in total. The van der Waals surface area contributed by atoms with E-state index in [-0.39, 0.29) is 23.8 Å². The number of para-hydroxylation sites is 1. The smallest absolute Gasteiger partial charge is 0.410 e. The minimum Gasteiger partial charge on any atom is -0.410 e. The number of anilines is 1. The fourth-order valence-electron chi connectivity index (χ4n) is 5.93. The Bertz CT molecular complexity index is 1610. The van der Waals surface area contributed by atoms with E-state index < -0.39 is 6.09 Å². The third kappa shape index (κ3) is 5.99. The molecule has 1 fully saturated rings. The Morgan fingerprint density at radius 3 is 2.48 bits per heavy atom. The highest BCUT2D eigenvalue weighted by Gasteiger charge is 2.36. The lowest BCUT2D eigenvalue weighted by atomic mass is 10.0. The van der Waals surface area contributed by atoms with Crippen LogP contribution in [0.15, 0.2) is 91.0 Å². The largest absolute Gasteiger partial charge is 0.418 e. The summed E-state index contributed by atoms with van der Waals surface area (Å²) in [6, 6.07) is 28.8. The normalized spacial score (nSPS) is 17.1. The number of hydrogen-bond donors (Lipinski definition) is 3. The number of likely N-dealkylation sites (tertiary alicyclic amines) is 1. The van der Waals surface area contributed by atoms with E-state index in [9.17, 15) is 9.59 Å². The Labute approximate surface area is 245 Å². The molecule has 0 aliphatic carbocycles. The number of rotatable bonds is 6. The van der Waals surface area contributed by atoms with Crippen molar-refractivity contribution in [1.29, 1.82) is 5.41 Å². The number of benzene rings is 4. The first-order valence-electron chi connectivity index (χ1n) is 14.4. The van der Waals surface area contributed by atoms with Crippen molar-refractivity contribution in [3.8, 4) is 5.75 Å². The van der Waals surface area contributed by atoms with Crippen molar-refractivity contribution in [2.75, 3.05) is 25.0 Å². The molecule has 214 valence electrons. The predicted octanol–water partition coefficient (Wildman–Crippen LogP) is 5.10. The molecular formula is C34H35N5O3. The first kappa shape index (κ1) is 27.5. The molecule has 0 spiro atoms. The van der Waals surface area contributed by atoms with Gasteiger partial charge in [0.2, 0.25) is 5.91 Å². The van der Waals surface area contributed by atoms with Crippen LogP contribution in [0.1, 0.15) is 29.5 Å². The van der Waals surface area contributed by atoms with Crippen LogP contribution in [0.5, 0.6) is 5.75 Å². The molecule has 6 rings (SSSR count). The van der Waals surface area contributed by atoms with Crippen LogP contribution in [0.2, 0.25) is 0 Å². The molecule has 3 N–H and O–H groups in total. The van der Waals surface area contributed by atoms with Gasteiger partial charge in [-0.15, -0.1) is 0 Å². The third-order valence-electron chi connectivity index (χ3n) is 8.24. The second kappa shape index (κ2) is 12.0. The minimum atomic E-state index is -0.727. The van der Waals surface area contributed by atoms with Crippen molar-refractivity contribution in [2.24, 2.45) is 0 Å². The fraction of sp³-hybridized carbons (Fsp3) is 0.265. The highest BCUT2D eigenvalue weighted by molar-refractivity contribution is 6.05. The van der Waals surface area contributed by atoms with Gasteiger partial charge in [0.25, 0.3) is 0 Å². The molecule has 4 aromatic carbocycles. The standard InChI is InChI=1S/C34H35N5O3/c1-38-18-16-27(17-19-38)36-33(40)31-20-24-14-15-25(32(35)37-34(41)42-28-11-3-2-4-12-28)21-30(24)39(31)22-26-10-7-9-23-8-5-6-13-29(23)26/h2-15,21,27,31H,16-20,22H2,1H3,(H,36,40)(H2,35,37,41). The number of piperidine rings is 1. The topological polar surface area (TPSA) is 97.8 Å². The van der Waals surface area contributed by atoms with Gasteiger partial charge in [-0.3, -0.25) is 15.5 Å². The summed E-state index contributed by atoms with van der Waals surface area (Å²) in [5, 5.41) is 16.8. The Hall–Kier alpha value is -4.69. The lowest BCUT2D eigenvalue weighted by molar-refractivity contribution is -0.123. The molecule has 1 atom stereocenters. The average Bonchev–Trinajstić information content (AvgIpc) is 3.36. The number of hydrogen-bond acceptors (Lipinski definition) is 6. The molecule has 0 bridgehead atoms. The maximum atomic E-state index is 13.8. The number of ether oxygens (including phenoxy) is 1. The van der Waals surface area contributed by atoms with E-state index in [2.05, 4.69) is 57.8 Å². The SMILES string of the molecule is CN1CCC(NC(=O)C2Cc3ccc(C(=N)NC(=O)Oc4ccccc4)cc3N2Cc2cccc3ccccc23)CC1. The predicted molar refractivity (Wildman–Crippen MR) is 165 cm³/mol. The summed E-state index contributed by atoms with van der Waals surface area (Å²) in [7, 11) is 2.11. The summed E-state index contributed by atoms with van der Waals surface area (Å²) in [5.74, 6) is 0.363. The molecule has 2 amide bonds. The van der Waals surface area contributed by atoms with Gasteiger partial charge in [0.1, 0.15) is 17.6 Å². The third-order valence-corrected chi connectivity index (χ3v) is 8.24. The number of carbonyl (C=O) groups excluding carboxylic acids is 2. The van der Waals surface area contributed by atoms with E-state index in [1.54, 1.807) is 24.3 Å². The Morgan fingerprint density at radius 2 is 1.67 bits per heavy atom. The van der Waals surface area contributed by atoms with Crippen LogP contribution in [0.25, 0.3) is 10.8 Å². The Kier molecular flexibility index (Phi) is 7.88. The highest BCUT2D eigenvalue weighted by atomic mass is 16.6. The van der Waals surface area contributed by atoms with Gasteiger partial charge in [-0.2, -0.15) is 0 Å². The second-order valence-electron chi connectivity index (χ2n) is 11.1. The molecule has 2 heterocycles. The fourth-order valence-corrected chi connectivity index (χ4v) is 5.93. The first-order chi connectivity index (χ1) is 20.4. The molecule has 2 aliphatic rings. The van der Waals surface area contributed by atoms with Gasteiger partial charge in [0, 0.05) is 30.3 Å². The molecule has 0 saturated carbocycles. The zero-order valence-corrected chi connectivity index (χ0v) is 23.7. The van der Waals surface area contributed by atoms with Crippen molar-refractivity contribution < 1.29 is 14.3 Å². The van der Waals surface area contributed by atoms with Crippen molar-refractivity contribution in [3.63, 3.8) is 0 Å². The average molecular weight is 562 g/mol. The van der Waals surface area contributed by atoms with Crippen LogP contribution in [-0.2, 0) is 17.8 Å². The van der Waals surface area contributed by atoms with E-state index in [4.69, 9.17) is 10.1 Å². The van der Waals surface area contributed by atoms with Gasteiger partial charge in [-0.25, -0.2) is 4.79 Å². The van der Waals surface area contributed by atoms with Crippen molar-refractivity contribution >= 4 is 34.3 Å². The van der Waals surface area contributed by atoms with E-state index in [1.165, 1.54) is 0 Å². The molecule has 2 aliphatic heterocycles. The number of fused-ring (bicyclic) bond motifs is 2. The monoisotopic (exact) mass is 561 g/mol.